The second-order valence-electron chi connectivity index (χ2n) is 8.23. The van der Waals surface area contributed by atoms with Crippen LogP contribution in [0.25, 0.3) is 0 Å². The molecule has 0 saturated carbocycles. The van der Waals surface area contributed by atoms with Crippen molar-refractivity contribution in [1.82, 2.24) is 9.80 Å². The molecule has 220 valence electrons. The number of rotatable bonds is 7. The Morgan fingerprint density at radius 2 is 1.82 bits per heavy atom. The molecule has 1 aromatic carbocycles. The van der Waals surface area contributed by atoms with E-state index in [4.69, 9.17) is 20.0 Å². The van der Waals surface area contributed by atoms with E-state index in [2.05, 4.69) is 40.7 Å². The van der Waals surface area contributed by atoms with Crippen molar-refractivity contribution in [3.8, 4) is 11.5 Å². The van der Waals surface area contributed by atoms with Crippen LogP contribution < -0.4 is 10.5 Å². The minimum atomic E-state index is 0.0476. The summed E-state index contributed by atoms with van der Waals surface area (Å²) in [4.78, 5) is 19.0. The lowest BCUT2D eigenvalue weighted by Gasteiger charge is -2.35. The molecule has 2 aliphatic heterocycles. The summed E-state index contributed by atoms with van der Waals surface area (Å²) in [6.45, 7) is 13.6. The Balaban J connectivity index is 0. The summed E-state index contributed by atoms with van der Waals surface area (Å²) in [6.07, 6.45) is 16.1. The molecule has 1 saturated heterocycles. The third-order valence-electron chi connectivity index (χ3n) is 5.27. The number of carbonyl (C=O) groups is 1. The van der Waals surface area contributed by atoms with Gasteiger partial charge in [-0.15, -0.1) is 6.58 Å². The number of nitrogens with zero attached hydrogens (tertiary/aromatic N) is 3. The Kier molecular flexibility index (Phi) is 25.1. The number of nitrogens with two attached hydrogens (primary N) is 1. The largest absolute Gasteiger partial charge is 0.508 e. The second kappa shape index (κ2) is 26.0. The predicted molar refractivity (Wildman–Crippen MR) is 164 cm³/mol. The summed E-state index contributed by atoms with van der Waals surface area (Å²) in [5, 5.41) is 14.7. The molecule has 1 unspecified atom stereocenters. The topological polar surface area (TPSA) is 124 Å². The quantitative estimate of drug-likeness (QED) is 0.183. The van der Waals surface area contributed by atoms with E-state index in [0.717, 1.165) is 57.3 Å². The maximum Gasteiger partial charge on any atom is 0.209 e. The predicted octanol–water partition coefficient (Wildman–Crippen LogP) is 5.38. The molecular weight excluding hydrogens is 494 g/mol. The molecule has 1 aromatic rings. The highest BCUT2D eigenvalue weighted by atomic mass is 16.5. The van der Waals surface area contributed by atoms with Crippen molar-refractivity contribution in [2.45, 2.75) is 65.5 Å². The van der Waals surface area contributed by atoms with Gasteiger partial charge in [-0.25, -0.2) is 0 Å². The van der Waals surface area contributed by atoms with E-state index in [1.807, 2.05) is 38.8 Å². The molecule has 9 nitrogen and oxygen atoms in total. The van der Waals surface area contributed by atoms with Gasteiger partial charge in [0.05, 0.1) is 26.2 Å². The Bertz CT molecular complexity index is 826. The minimum absolute atomic E-state index is 0.0476. The Hall–Kier alpha value is -3.59. The van der Waals surface area contributed by atoms with Gasteiger partial charge in [0.1, 0.15) is 11.5 Å². The number of aromatic hydroxyl groups is 1. The Labute approximate surface area is 236 Å². The number of phenols is 1. The number of aliphatic imine (C=N–C) groups is 1. The van der Waals surface area contributed by atoms with Gasteiger partial charge in [0, 0.05) is 38.6 Å². The van der Waals surface area contributed by atoms with Crippen molar-refractivity contribution in [3.05, 3.63) is 61.0 Å². The summed E-state index contributed by atoms with van der Waals surface area (Å²) in [6, 6.07) is 7.05. The van der Waals surface area contributed by atoms with Crippen LogP contribution in [-0.4, -0.2) is 79.9 Å². The summed E-state index contributed by atoms with van der Waals surface area (Å²) in [5.41, 5.74) is 5.71. The van der Waals surface area contributed by atoms with Crippen LogP contribution in [0.15, 0.2) is 66.0 Å². The van der Waals surface area contributed by atoms with E-state index < -0.39 is 0 Å². The van der Waals surface area contributed by atoms with E-state index >= 15 is 0 Å². The van der Waals surface area contributed by atoms with Crippen molar-refractivity contribution in [1.29, 1.82) is 5.41 Å². The van der Waals surface area contributed by atoms with Crippen LogP contribution in [0, 0.1) is 5.41 Å². The highest BCUT2D eigenvalue weighted by molar-refractivity contribution is 5.62. The lowest BCUT2D eigenvalue weighted by atomic mass is 10.0. The van der Waals surface area contributed by atoms with E-state index in [0.29, 0.717) is 12.6 Å². The summed E-state index contributed by atoms with van der Waals surface area (Å²) >= 11 is 0. The van der Waals surface area contributed by atoms with E-state index in [1.165, 1.54) is 5.57 Å². The van der Waals surface area contributed by atoms with Crippen LogP contribution in [0.3, 0.4) is 0 Å². The number of hydrogen-bond donors (Lipinski definition) is 3. The maximum atomic E-state index is 10.8. The summed E-state index contributed by atoms with van der Waals surface area (Å²) in [7, 11) is 3.36. The fourth-order valence-corrected chi connectivity index (χ4v) is 3.48. The van der Waals surface area contributed by atoms with Gasteiger partial charge in [0.15, 0.2) is 0 Å². The normalized spacial score (nSPS) is 15.2. The van der Waals surface area contributed by atoms with Crippen molar-refractivity contribution in [2.24, 2.45) is 10.7 Å². The molecule has 0 radical (unpaired) electrons. The number of methoxy groups -OCH3 is 1. The first-order valence-electron chi connectivity index (χ1n) is 13.4. The van der Waals surface area contributed by atoms with Gasteiger partial charge in [-0.05, 0) is 75.6 Å². The molecule has 1 amide bonds. The number of benzene rings is 1. The SMILES string of the molecule is C=CC.CC.CN=CC(C)OCC1=CN(C2CCN(C=O)CC2)C=CCC1.COc1ccc(O)cc1.N=CN. The van der Waals surface area contributed by atoms with Crippen LogP contribution in [0.2, 0.25) is 0 Å². The molecule has 1 fully saturated rings. The molecule has 0 aliphatic carbocycles. The third kappa shape index (κ3) is 19.2. The number of ether oxygens (including phenoxy) is 2. The van der Waals surface area contributed by atoms with Crippen molar-refractivity contribution in [2.75, 3.05) is 33.9 Å². The first-order valence-corrected chi connectivity index (χ1v) is 13.4. The highest BCUT2D eigenvalue weighted by Crippen LogP contribution is 2.21. The molecule has 2 aliphatic rings. The first-order chi connectivity index (χ1) is 18.9. The second-order valence-corrected chi connectivity index (χ2v) is 8.23. The molecule has 1 atom stereocenters. The number of hydrogen-bond acceptors (Lipinski definition) is 7. The number of nitrogens with one attached hydrogen (secondary N) is 1. The fraction of sp³-hybridized carbons (Fsp3) is 0.500. The summed E-state index contributed by atoms with van der Waals surface area (Å²) in [5.74, 6) is 1.02. The number of carbonyl (C=O) groups excluding carboxylic acids is 1. The molecule has 0 bridgehead atoms. The van der Waals surface area contributed by atoms with E-state index in [-0.39, 0.29) is 11.9 Å². The molecule has 2 heterocycles. The molecule has 9 heteroatoms. The molecule has 4 N–H and O–H groups in total. The van der Waals surface area contributed by atoms with E-state index in [9.17, 15) is 4.79 Å². The zero-order chi connectivity index (χ0) is 29.9. The standard InChI is InChI=1S/C17H27N3O2.C7H8O2.C3H6.C2H6.CH4N2/c1-15(11-18-2)22-13-16-5-3-4-8-20(12-16)17-6-9-19(14-21)10-7-17;1-9-7-4-2-6(8)3-5-7;1-3-2;1-2;2-1-3/h4,8,11-12,14-15,17H,3,5-7,9-10,13H2,1-2H3;2-5,8H,1H3;3H,1H2,2H3;1-2H3;1H,(H3,2,3). The van der Waals surface area contributed by atoms with Gasteiger partial charge in [0.25, 0.3) is 0 Å². The average molecular weight is 546 g/mol. The van der Waals surface area contributed by atoms with E-state index in [1.54, 1.807) is 44.5 Å². The van der Waals surface area contributed by atoms with Crippen LogP contribution >= 0.6 is 0 Å². The number of piperidine rings is 1. The number of amides is 1. The van der Waals surface area contributed by atoms with Crippen molar-refractivity contribution < 1.29 is 19.4 Å². The van der Waals surface area contributed by atoms with Crippen LogP contribution in [0.4, 0.5) is 0 Å². The lowest BCUT2D eigenvalue weighted by Crippen LogP contribution is -2.40. The zero-order valence-corrected chi connectivity index (χ0v) is 24.8. The van der Waals surface area contributed by atoms with Crippen molar-refractivity contribution >= 4 is 19.0 Å². The number of allylic oxidation sites excluding steroid dienone is 2. The molecule has 0 spiro atoms. The minimum Gasteiger partial charge on any atom is -0.508 e. The highest BCUT2D eigenvalue weighted by Gasteiger charge is 2.22. The van der Waals surface area contributed by atoms with Crippen LogP contribution in [0.5, 0.6) is 11.5 Å². The molecule has 3 rings (SSSR count). The van der Waals surface area contributed by atoms with Gasteiger partial charge in [0.2, 0.25) is 6.41 Å². The Morgan fingerprint density at radius 3 is 2.31 bits per heavy atom. The van der Waals surface area contributed by atoms with Crippen LogP contribution in [0.1, 0.15) is 53.4 Å². The molecular formula is C30H51N5O4. The van der Waals surface area contributed by atoms with Gasteiger partial charge in [-0.1, -0.05) is 26.0 Å². The van der Waals surface area contributed by atoms with Gasteiger partial charge >= 0.3 is 0 Å². The molecule has 39 heavy (non-hydrogen) atoms. The Morgan fingerprint density at radius 1 is 1.26 bits per heavy atom. The molecule has 0 aromatic heterocycles. The number of likely N-dealkylation sites (tertiary alicyclic amines) is 1. The fourth-order valence-electron chi connectivity index (χ4n) is 3.48. The smallest absolute Gasteiger partial charge is 0.209 e. The lowest BCUT2D eigenvalue weighted by molar-refractivity contribution is -0.119. The van der Waals surface area contributed by atoms with Gasteiger partial charge in [-0.2, -0.15) is 0 Å². The third-order valence-corrected chi connectivity index (χ3v) is 5.27. The van der Waals surface area contributed by atoms with Gasteiger partial charge in [-0.3, -0.25) is 15.2 Å². The summed E-state index contributed by atoms with van der Waals surface area (Å²) < 4.78 is 10.7. The van der Waals surface area contributed by atoms with Gasteiger partial charge < -0.3 is 30.1 Å². The zero-order valence-electron chi connectivity index (χ0n) is 24.8. The van der Waals surface area contributed by atoms with Crippen LogP contribution in [-0.2, 0) is 9.53 Å². The van der Waals surface area contributed by atoms with Crippen molar-refractivity contribution in [3.63, 3.8) is 0 Å². The number of phenolic OH excluding ortho intramolecular Hbond substituents is 1. The maximum absolute atomic E-state index is 10.8. The first kappa shape index (κ1) is 37.6. The average Bonchev–Trinajstić information content (AvgIpc) is 3.21. The monoisotopic (exact) mass is 545 g/mol.